The van der Waals surface area contributed by atoms with Crippen LogP contribution in [-0.4, -0.2) is 7.11 Å². The van der Waals surface area contributed by atoms with Crippen LogP contribution in [0.5, 0.6) is 5.75 Å². The van der Waals surface area contributed by atoms with Gasteiger partial charge >= 0.3 is 0 Å². The fraction of sp³-hybridized carbons (Fsp3) is 0.538. The van der Waals surface area contributed by atoms with E-state index in [1.54, 1.807) is 7.11 Å². The van der Waals surface area contributed by atoms with Gasteiger partial charge in [0.15, 0.2) is 0 Å². The van der Waals surface area contributed by atoms with Crippen molar-refractivity contribution in [3.63, 3.8) is 0 Å². The van der Waals surface area contributed by atoms with Gasteiger partial charge in [0.2, 0.25) is 0 Å². The van der Waals surface area contributed by atoms with E-state index < -0.39 is 0 Å². The van der Waals surface area contributed by atoms with E-state index >= 15 is 0 Å². The summed E-state index contributed by atoms with van der Waals surface area (Å²) in [6, 6.07) is 4.10. The highest BCUT2D eigenvalue weighted by Crippen LogP contribution is 2.38. The second-order valence-corrected chi connectivity index (χ2v) is 5.24. The Labute approximate surface area is 101 Å². The molecule has 1 nitrogen and oxygen atoms in total. The first kappa shape index (κ1) is 12.6. The minimum absolute atomic E-state index is 0.481. The summed E-state index contributed by atoms with van der Waals surface area (Å²) >= 11 is 3.62. The predicted molar refractivity (Wildman–Crippen MR) is 68.9 cm³/mol. The number of rotatable bonds is 3. The van der Waals surface area contributed by atoms with Gasteiger partial charge in [-0.3, -0.25) is 0 Å². The Morgan fingerprint density at radius 1 is 1.00 bits per heavy atom. The predicted octanol–water partition coefficient (Wildman–Crippen LogP) is 4.70. The van der Waals surface area contributed by atoms with Crippen LogP contribution in [0.25, 0.3) is 0 Å². The third-order valence-corrected chi connectivity index (χ3v) is 3.26. The minimum Gasteiger partial charge on any atom is -0.496 e. The SMILES string of the molecule is COc1ccc(Br)c(C(C)C)c1C(C)C. The van der Waals surface area contributed by atoms with Crippen molar-refractivity contribution in [3.8, 4) is 5.75 Å². The lowest BCUT2D eigenvalue weighted by Crippen LogP contribution is -2.03. The summed E-state index contributed by atoms with van der Waals surface area (Å²) in [5, 5.41) is 0. The van der Waals surface area contributed by atoms with E-state index in [-0.39, 0.29) is 0 Å². The van der Waals surface area contributed by atoms with Crippen LogP contribution in [-0.2, 0) is 0 Å². The third kappa shape index (κ3) is 2.54. The zero-order valence-corrected chi connectivity index (χ0v) is 11.7. The Balaban J connectivity index is 3.44. The molecule has 0 atom stereocenters. The summed E-state index contributed by atoms with van der Waals surface area (Å²) in [4.78, 5) is 0. The molecular weight excluding hydrogens is 252 g/mol. The molecule has 84 valence electrons. The first-order valence-corrected chi connectivity index (χ1v) is 6.14. The van der Waals surface area contributed by atoms with Crippen molar-refractivity contribution in [1.82, 2.24) is 0 Å². The number of halogens is 1. The average Bonchev–Trinajstić information content (AvgIpc) is 2.16. The van der Waals surface area contributed by atoms with Gasteiger partial charge < -0.3 is 4.74 Å². The van der Waals surface area contributed by atoms with E-state index in [0.717, 1.165) is 5.75 Å². The molecule has 0 N–H and O–H groups in total. The maximum atomic E-state index is 5.43. The van der Waals surface area contributed by atoms with Crippen molar-refractivity contribution in [2.75, 3.05) is 7.11 Å². The zero-order valence-electron chi connectivity index (χ0n) is 10.1. The van der Waals surface area contributed by atoms with Gasteiger partial charge in [0.1, 0.15) is 5.75 Å². The summed E-state index contributed by atoms with van der Waals surface area (Å²) in [6.07, 6.45) is 0. The molecule has 0 radical (unpaired) electrons. The fourth-order valence-corrected chi connectivity index (χ4v) is 2.75. The van der Waals surface area contributed by atoms with Crippen LogP contribution in [0, 0.1) is 0 Å². The van der Waals surface area contributed by atoms with E-state index in [9.17, 15) is 0 Å². The third-order valence-electron chi connectivity index (χ3n) is 2.57. The van der Waals surface area contributed by atoms with Crippen LogP contribution < -0.4 is 4.74 Å². The van der Waals surface area contributed by atoms with E-state index in [1.165, 1.54) is 15.6 Å². The topological polar surface area (TPSA) is 9.23 Å². The highest BCUT2D eigenvalue weighted by atomic mass is 79.9. The summed E-state index contributed by atoms with van der Waals surface area (Å²) in [6.45, 7) is 8.84. The lowest BCUT2D eigenvalue weighted by molar-refractivity contribution is 0.406. The van der Waals surface area contributed by atoms with E-state index in [0.29, 0.717) is 11.8 Å². The molecule has 0 bridgehead atoms. The molecule has 1 aromatic carbocycles. The van der Waals surface area contributed by atoms with Crippen molar-refractivity contribution < 1.29 is 4.74 Å². The lowest BCUT2D eigenvalue weighted by Gasteiger charge is -2.20. The quantitative estimate of drug-likeness (QED) is 0.774. The van der Waals surface area contributed by atoms with Gasteiger partial charge in [0, 0.05) is 10.0 Å². The smallest absolute Gasteiger partial charge is 0.122 e. The molecule has 1 rings (SSSR count). The Bertz CT molecular complexity index is 343. The molecule has 1 aromatic rings. The molecule has 0 heterocycles. The van der Waals surface area contributed by atoms with Crippen LogP contribution in [0.3, 0.4) is 0 Å². The molecule has 2 heteroatoms. The van der Waals surface area contributed by atoms with Gasteiger partial charge in [0.25, 0.3) is 0 Å². The Hall–Kier alpha value is -0.500. The van der Waals surface area contributed by atoms with Gasteiger partial charge in [0.05, 0.1) is 7.11 Å². The molecule has 0 aliphatic heterocycles. The molecule has 0 spiro atoms. The van der Waals surface area contributed by atoms with Crippen molar-refractivity contribution in [3.05, 3.63) is 27.7 Å². The first-order chi connectivity index (χ1) is 6.99. The number of hydrogen-bond acceptors (Lipinski definition) is 1. The average molecular weight is 271 g/mol. The summed E-state index contributed by atoms with van der Waals surface area (Å²) in [5.74, 6) is 1.98. The maximum absolute atomic E-state index is 5.43. The summed E-state index contributed by atoms with van der Waals surface area (Å²) in [5.41, 5.74) is 2.69. The van der Waals surface area contributed by atoms with Gasteiger partial charge in [-0.2, -0.15) is 0 Å². The Morgan fingerprint density at radius 3 is 1.93 bits per heavy atom. The van der Waals surface area contributed by atoms with Crippen molar-refractivity contribution in [2.45, 2.75) is 39.5 Å². The van der Waals surface area contributed by atoms with E-state index in [1.807, 2.05) is 6.07 Å². The molecule has 0 aromatic heterocycles. The Morgan fingerprint density at radius 2 is 1.53 bits per heavy atom. The van der Waals surface area contributed by atoms with Crippen LogP contribution in [0.15, 0.2) is 16.6 Å². The van der Waals surface area contributed by atoms with Gasteiger partial charge in [-0.1, -0.05) is 43.6 Å². The molecule has 0 fully saturated rings. The first-order valence-electron chi connectivity index (χ1n) is 5.35. The van der Waals surface area contributed by atoms with E-state index in [4.69, 9.17) is 4.74 Å². The lowest BCUT2D eigenvalue weighted by atomic mass is 9.90. The summed E-state index contributed by atoms with van der Waals surface area (Å²) < 4.78 is 6.61. The van der Waals surface area contributed by atoms with Crippen LogP contribution in [0.2, 0.25) is 0 Å². The maximum Gasteiger partial charge on any atom is 0.122 e. The molecule has 0 aliphatic rings. The monoisotopic (exact) mass is 270 g/mol. The minimum atomic E-state index is 0.481. The van der Waals surface area contributed by atoms with Crippen molar-refractivity contribution in [2.24, 2.45) is 0 Å². The fourth-order valence-electron chi connectivity index (χ4n) is 1.95. The zero-order chi connectivity index (χ0) is 11.6. The second-order valence-electron chi connectivity index (χ2n) is 4.39. The van der Waals surface area contributed by atoms with Crippen molar-refractivity contribution >= 4 is 15.9 Å². The second kappa shape index (κ2) is 5.02. The Kier molecular flexibility index (Phi) is 4.21. The molecule has 0 amide bonds. The van der Waals surface area contributed by atoms with Gasteiger partial charge in [-0.05, 0) is 29.5 Å². The number of ether oxygens (including phenoxy) is 1. The molecule has 0 aliphatic carbocycles. The highest BCUT2D eigenvalue weighted by molar-refractivity contribution is 9.10. The standard InChI is InChI=1S/C13H19BrO/c1-8(2)12-10(14)6-7-11(15-5)13(12)9(3)4/h6-9H,1-5H3. The van der Waals surface area contributed by atoms with Gasteiger partial charge in [-0.25, -0.2) is 0 Å². The van der Waals surface area contributed by atoms with Crippen LogP contribution in [0.4, 0.5) is 0 Å². The van der Waals surface area contributed by atoms with Crippen molar-refractivity contribution in [1.29, 1.82) is 0 Å². The number of hydrogen-bond donors (Lipinski definition) is 0. The largest absolute Gasteiger partial charge is 0.496 e. The van der Waals surface area contributed by atoms with Crippen LogP contribution >= 0.6 is 15.9 Å². The van der Waals surface area contributed by atoms with Gasteiger partial charge in [-0.15, -0.1) is 0 Å². The van der Waals surface area contributed by atoms with E-state index in [2.05, 4.69) is 49.7 Å². The number of methoxy groups -OCH3 is 1. The molecule has 0 saturated carbocycles. The molecule has 15 heavy (non-hydrogen) atoms. The molecular formula is C13H19BrO. The van der Waals surface area contributed by atoms with Crippen LogP contribution in [0.1, 0.15) is 50.7 Å². The highest BCUT2D eigenvalue weighted by Gasteiger charge is 2.17. The molecule has 0 saturated heterocycles. The molecule has 0 unspecified atom stereocenters. The number of benzene rings is 1. The normalized spacial score (nSPS) is 11.2. The summed E-state index contributed by atoms with van der Waals surface area (Å²) in [7, 11) is 1.74.